The molecule has 1 heterocycles. The van der Waals surface area contributed by atoms with Crippen molar-refractivity contribution in [2.75, 3.05) is 14.2 Å². The van der Waals surface area contributed by atoms with E-state index >= 15 is 0 Å². The van der Waals surface area contributed by atoms with E-state index in [1.807, 2.05) is 0 Å². The Morgan fingerprint density at radius 2 is 1.10 bits per heavy atom. The van der Waals surface area contributed by atoms with Gasteiger partial charge in [-0.3, -0.25) is 14.9 Å². The first-order chi connectivity index (χ1) is 14.2. The second-order valence-electron chi connectivity index (χ2n) is 6.70. The molecular formula is C20H19Cl2NO6S. The molecule has 0 radical (unpaired) electrons. The molecule has 7 nitrogen and oxygen atoms in total. The Kier molecular flexibility index (Phi) is 6.71. The van der Waals surface area contributed by atoms with Crippen LogP contribution in [-0.2, 0) is 28.9 Å². The Labute approximate surface area is 184 Å². The molecule has 0 aromatic heterocycles. The molecule has 1 fully saturated rings. The van der Waals surface area contributed by atoms with E-state index in [1.54, 1.807) is 48.5 Å². The van der Waals surface area contributed by atoms with E-state index in [0.29, 0.717) is 21.2 Å². The summed E-state index contributed by atoms with van der Waals surface area (Å²) in [5.41, 5.74) is 1.00. The third kappa shape index (κ3) is 4.18. The van der Waals surface area contributed by atoms with Crippen molar-refractivity contribution >= 4 is 45.0 Å². The van der Waals surface area contributed by atoms with Crippen LogP contribution in [0.2, 0.25) is 10.0 Å². The quantitative estimate of drug-likeness (QED) is 0.684. The first-order valence-corrected chi connectivity index (χ1v) is 11.2. The predicted octanol–water partition coefficient (Wildman–Crippen LogP) is 2.88. The molecule has 0 amide bonds. The lowest BCUT2D eigenvalue weighted by molar-refractivity contribution is -0.142. The molecule has 4 atom stereocenters. The van der Waals surface area contributed by atoms with Crippen LogP contribution in [0.25, 0.3) is 0 Å². The number of hydrogen-bond acceptors (Lipinski definition) is 7. The summed E-state index contributed by atoms with van der Waals surface area (Å²) in [6.07, 6.45) is 0. The van der Waals surface area contributed by atoms with Gasteiger partial charge in [0, 0.05) is 10.0 Å². The number of hydrogen-bond donors (Lipinski definition) is 1. The maximum absolute atomic E-state index is 13.5. The summed E-state index contributed by atoms with van der Waals surface area (Å²) in [5.74, 6) is -1.96. The van der Waals surface area contributed by atoms with Crippen molar-refractivity contribution in [2.24, 2.45) is 0 Å². The largest absolute Gasteiger partial charge is 0.468 e. The average Bonchev–Trinajstić information content (AvgIpc) is 2.72. The molecule has 1 N–H and O–H groups in total. The number of rotatable bonds is 4. The molecule has 2 aromatic carbocycles. The minimum absolute atomic E-state index is 0.453. The second kappa shape index (κ2) is 8.93. The SMILES string of the molecule is COC(=O)[C@@H]1[C@@H](c2ccc(Cl)cc2)N[C@@H](c2ccc(Cl)cc2)[C@@H](C(=O)OC)S1(=O)=O. The van der Waals surface area contributed by atoms with Crippen molar-refractivity contribution in [3.8, 4) is 0 Å². The van der Waals surface area contributed by atoms with E-state index in [2.05, 4.69) is 5.32 Å². The molecule has 160 valence electrons. The number of esters is 2. The van der Waals surface area contributed by atoms with Gasteiger partial charge in [0.05, 0.1) is 26.3 Å². The number of methoxy groups -OCH3 is 2. The highest BCUT2D eigenvalue weighted by Crippen LogP contribution is 2.39. The van der Waals surface area contributed by atoms with Crippen molar-refractivity contribution in [3.63, 3.8) is 0 Å². The minimum Gasteiger partial charge on any atom is -0.468 e. The monoisotopic (exact) mass is 471 g/mol. The molecule has 1 aliphatic rings. The number of carbonyl (C=O) groups excluding carboxylic acids is 2. The van der Waals surface area contributed by atoms with Gasteiger partial charge in [0.25, 0.3) is 0 Å². The Bertz CT molecular complexity index is 962. The molecule has 0 spiro atoms. The van der Waals surface area contributed by atoms with E-state index in [-0.39, 0.29) is 0 Å². The fraction of sp³-hybridized carbons (Fsp3) is 0.300. The van der Waals surface area contributed by atoms with Gasteiger partial charge in [-0.25, -0.2) is 8.42 Å². The Hall–Kier alpha value is -2.13. The van der Waals surface area contributed by atoms with Crippen LogP contribution in [0.3, 0.4) is 0 Å². The van der Waals surface area contributed by atoms with Crippen molar-refractivity contribution < 1.29 is 27.5 Å². The van der Waals surface area contributed by atoms with Crippen LogP contribution in [0.1, 0.15) is 23.2 Å². The highest BCUT2D eigenvalue weighted by atomic mass is 35.5. The molecule has 0 bridgehead atoms. The summed E-state index contributed by atoms with van der Waals surface area (Å²) in [4.78, 5) is 25.1. The van der Waals surface area contributed by atoms with Crippen LogP contribution >= 0.6 is 23.2 Å². The second-order valence-corrected chi connectivity index (χ2v) is 9.77. The highest BCUT2D eigenvalue weighted by Gasteiger charge is 2.56. The third-order valence-electron chi connectivity index (χ3n) is 5.00. The molecule has 0 unspecified atom stereocenters. The minimum atomic E-state index is -4.38. The summed E-state index contributed by atoms with van der Waals surface area (Å²) in [6.45, 7) is 0. The van der Waals surface area contributed by atoms with E-state index in [0.717, 1.165) is 14.2 Å². The van der Waals surface area contributed by atoms with Gasteiger partial charge in [-0.2, -0.15) is 0 Å². The van der Waals surface area contributed by atoms with Crippen LogP contribution < -0.4 is 5.32 Å². The lowest BCUT2D eigenvalue weighted by Crippen LogP contribution is -2.59. The van der Waals surface area contributed by atoms with Crippen molar-refractivity contribution in [1.82, 2.24) is 5.32 Å². The van der Waals surface area contributed by atoms with Gasteiger partial charge in [-0.15, -0.1) is 0 Å². The topological polar surface area (TPSA) is 98.8 Å². The highest BCUT2D eigenvalue weighted by molar-refractivity contribution is 7.94. The molecule has 0 aliphatic carbocycles. The van der Waals surface area contributed by atoms with E-state index in [1.165, 1.54) is 0 Å². The van der Waals surface area contributed by atoms with Crippen LogP contribution in [0.5, 0.6) is 0 Å². The number of carbonyl (C=O) groups is 2. The summed E-state index contributed by atoms with van der Waals surface area (Å²) in [6, 6.07) is 10.8. The lowest BCUT2D eigenvalue weighted by Gasteiger charge is -2.40. The Balaban J connectivity index is 2.20. The average molecular weight is 472 g/mol. The van der Waals surface area contributed by atoms with Crippen molar-refractivity contribution in [1.29, 1.82) is 0 Å². The molecule has 0 saturated carbocycles. The standard InChI is InChI=1S/C20H19Cl2NO6S/c1-28-19(24)17-15(11-3-7-13(21)8-4-11)23-16(12-5-9-14(22)10-6-12)18(20(25)29-2)30(17,26)27/h3-10,15-18,23H,1-2H3/t15-,16+,17-,18-/m0/s1. The van der Waals surface area contributed by atoms with E-state index in [9.17, 15) is 18.0 Å². The summed E-state index contributed by atoms with van der Waals surface area (Å²) < 4.78 is 36.6. The smallest absolute Gasteiger partial charge is 0.326 e. The summed E-state index contributed by atoms with van der Waals surface area (Å²) >= 11 is 11.9. The van der Waals surface area contributed by atoms with Gasteiger partial charge in [-0.05, 0) is 35.4 Å². The van der Waals surface area contributed by atoms with Crippen LogP contribution in [0.4, 0.5) is 0 Å². The fourth-order valence-electron chi connectivity index (χ4n) is 3.56. The fourth-order valence-corrected chi connectivity index (χ4v) is 6.09. The first kappa shape index (κ1) is 22.6. The maximum Gasteiger partial charge on any atom is 0.326 e. The summed E-state index contributed by atoms with van der Waals surface area (Å²) in [5, 5.41) is 0.737. The predicted molar refractivity (Wildman–Crippen MR) is 112 cm³/mol. The molecule has 3 rings (SSSR count). The van der Waals surface area contributed by atoms with Gasteiger partial charge < -0.3 is 9.47 Å². The maximum atomic E-state index is 13.5. The number of halogens is 2. The molecule has 10 heteroatoms. The zero-order chi connectivity index (χ0) is 22.1. The molecule has 1 saturated heterocycles. The van der Waals surface area contributed by atoms with Crippen LogP contribution in [0.15, 0.2) is 48.5 Å². The zero-order valence-electron chi connectivity index (χ0n) is 16.0. The van der Waals surface area contributed by atoms with Gasteiger partial charge in [0.2, 0.25) is 0 Å². The van der Waals surface area contributed by atoms with Crippen LogP contribution in [0, 0.1) is 0 Å². The Morgan fingerprint density at radius 3 is 1.40 bits per heavy atom. The first-order valence-electron chi connectivity index (χ1n) is 8.86. The zero-order valence-corrected chi connectivity index (χ0v) is 18.4. The van der Waals surface area contributed by atoms with E-state index < -0.39 is 44.4 Å². The van der Waals surface area contributed by atoms with Gasteiger partial charge in [0.1, 0.15) is 0 Å². The number of sulfone groups is 1. The van der Waals surface area contributed by atoms with Gasteiger partial charge >= 0.3 is 11.9 Å². The van der Waals surface area contributed by atoms with Crippen molar-refractivity contribution in [3.05, 3.63) is 69.7 Å². The van der Waals surface area contributed by atoms with Gasteiger partial charge in [-0.1, -0.05) is 47.5 Å². The van der Waals surface area contributed by atoms with E-state index in [4.69, 9.17) is 32.7 Å². The number of nitrogens with one attached hydrogen (secondary N) is 1. The Morgan fingerprint density at radius 1 is 0.767 bits per heavy atom. The number of benzene rings is 2. The molecule has 1 aliphatic heterocycles. The third-order valence-corrected chi connectivity index (χ3v) is 7.85. The molecule has 2 aromatic rings. The van der Waals surface area contributed by atoms with Crippen LogP contribution in [-0.4, -0.2) is 45.1 Å². The van der Waals surface area contributed by atoms with Gasteiger partial charge in [0.15, 0.2) is 20.3 Å². The van der Waals surface area contributed by atoms with Crippen molar-refractivity contribution in [2.45, 2.75) is 22.6 Å². The molecule has 30 heavy (non-hydrogen) atoms. The molecular weight excluding hydrogens is 453 g/mol. The number of ether oxygens (including phenoxy) is 2. The lowest BCUT2D eigenvalue weighted by atomic mass is 9.96. The normalized spacial score (nSPS) is 25.3. The summed E-state index contributed by atoms with van der Waals surface area (Å²) in [7, 11) is -2.19.